The Hall–Kier alpha value is -3.79. The van der Waals surface area contributed by atoms with Crippen LogP contribution in [0.25, 0.3) is 0 Å². The lowest BCUT2D eigenvalue weighted by Gasteiger charge is -2.34. The maximum atomic E-state index is 13.0. The van der Waals surface area contributed by atoms with Gasteiger partial charge in [-0.25, -0.2) is 19.0 Å². The highest BCUT2D eigenvalue weighted by Gasteiger charge is 2.23. The largest absolute Gasteiger partial charge is 0.476 e. The zero-order chi connectivity index (χ0) is 21.8. The molecule has 31 heavy (non-hydrogen) atoms. The first-order valence-corrected chi connectivity index (χ1v) is 9.67. The van der Waals surface area contributed by atoms with Gasteiger partial charge in [-0.1, -0.05) is 12.1 Å². The smallest absolute Gasteiger partial charge is 0.356 e. The first kappa shape index (κ1) is 20.5. The maximum Gasteiger partial charge on any atom is 0.356 e. The summed E-state index contributed by atoms with van der Waals surface area (Å²) in [6, 6.07) is 11.3. The molecule has 1 saturated heterocycles. The topological polar surface area (TPSA) is 101 Å². The van der Waals surface area contributed by atoms with Crippen LogP contribution in [0, 0.1) is 5.82 Å². The number of pyridine rings is 1. The summed E-state index contributed by atoms with van der Waals surface area (Å²) >= 11 is 0. The van der Waals surface area contributed by atoms with Crippen LogP contribution >= 0.6 is 0 Å². The number of carboxylic acid groups (broad SMARTS) is 1. The summed E-state index contributed by atoms with van der Waals surface area (Å²) in [5.74, 6) is -0.667. The van der Waals surface area contributed by atoms with Crippen molar-refractivity contribution in [3.05, 3.63) is 71.9 Å². The van der Waals surface area contributed by atoms with Crippen LogP contribution in [0.5, 0.6) is 11.6 Å². The molecule has 1 aromatic carbocycles. The van der Waals surface area contributed by atoms with E-state index in [0.717, 1.165) is 16.4 Å². The van der Waals surface area contributed by atoms with Crippen LogP contribution < -0.4 is 4.74 Å². The van der Waals surface area contributed by atoms with Gasteiger partial charge in [0.05, 0.1) is 6.20 Å². The Kier molecular flexibility index (Phi) is 5.89. The standard InChI is InChI=1S/C21H20FN5O4/c22-16-4-5-19(23-13-16)31-17-3-1-2-15(12-17)14-25-8-10-26(11-9-25)21(30)27-7-6-18(24-27)20(28)29/h1-7,12-13H,8-11,14H2,(H,28,29). The molecule has 0 unspecified atom stereocenters. The molecule has 160 valence electrons. The Morgan fingerprint density at radius 1 is 1.10 bits per heavy atom. The summed E-state index contributed by atoms with van der Waals surface area (Å²) in [4.78, 5) is 31.2. The zero-order valence-electron chi connectivity index (χ0n) is 16.5. The van der Waals surface area contributed by atoms with E-state index in [9.17, 15) is 14.0 Å². The van der Waals surface area contributed by atoms with Crippen LogP contribution in [0.1, 0.15) is 16.1 Å². The molecule has 3 aromatic rings. The molecule has 0 aliphatic carbocycles. The predicted molar refractivity (Wildman–Crippen MR) is 108 cm³/mol. The highest BCUT2D eigenvalue weighted by atomic mass is 19.1. The van der Waals surface area contributed by atoms with Crippen LogP contribution in [0.3, 0.4) is 0 Å². The third-order valence-corrected chi connectivity index (χ3v) is 4.87. The van der Waals surface area contributed by atoms with Gasteiger partial charge in [-0.05, 0) is 29.8 Å². The SMILES string of the molecule is O=C(O)c1ccn(C(=O)N2CCN(Cc3cccc(Oc4ccc(F)cn4)c3)CC2)n1. The highest BCUT2D eigenvalue weighted by molar-refractivity contribution is 5.86. The fourth-order valence-corrected chi connectivity index (χ4v) is 3.30. The van der Waals surface area contributed by atoms with E-state index in [2.05, 4.69) is 15.0 Å². The van der Waals surface area contributed by atoms with Gasteiger partial charge in [0.2, 0.25) is 5.88 Å². The molecule has 1 N–H and O–H groups in total. The Labute approximate surface area is 177 Å². The lowest BCUT2D eigenvalue weighted by atomic mass is 10.2. The Morgan fingerprint density at radius 3 is 2.58 bits per heavy atom. The summed E-state index contributed by atoms with van der Waals surface area (Å²) in [5, 5.41) is 12.7. The molecule has 2 aromatic heterocycles. The van der Waals surface area contributed by atoms with Gasteiger partial charge in [0, 0.05) is 45.0 Å². The molecule has 1 amide bonds. The second-order valence-corrected chi connectivity index (χ2v) is 7.06. The molecule has 10 heteroatoms. The average Bonchev–Trinajstić information content (AvgIpc) is 3.26. The molecule has 0 spiro atoms. The lowest BCUT2D eigenvalue weighted by molar-refractivity contribution is 0.0689. The third-order valence-electron chi connectivity index (χ3n) is 4.87. The number of ether oxygens (including phenoxy) is 1. The highest BCUT2D eigenvalue weighted by Crippen LogP contribution is 2.21. The Morgan fingerprint density at radius 2 is 1.90 bits per heavy atom. The Balaban J connectivity index is 1.32. The number of benzene rings is 1. The van der Waals surface area contributed by atoms with Gasteiger partial charge >= 0.3 is 12.0 Å². The fraction of sp³-hybridized carbons (Fsp3) is 0.238. The molecule has 9 nitrogen and oxygen atoms in total. The number of carbonyl (C=O) groups is 2. The zero-order valence-corrected chi connectivity index (χ0v) is 16.5. The van der Waals surface area contributed by atoms with E-state index in [-0.39, 0.29) is 11.7 Å². The molecule has 0 bridgehead atoms. The van der Waals surface area contributed by atoms with Crippen molar-refractivity contribution < 1.29 is 23.8 Å². The van der Waals surface area contributed by atoms with Crippen LogP contribution in [0.4, 0.5) is 9.18 Å². The van der Waals surface area contributed by atoms with E-state index < -0.39 is 11.8 Å². The number of hydrogen-bond donors (Lipinski definition) is 1. The third kappa shape index (κ3) is 5.04. The van der Waals surface area contributed by atoms with E-state index in [1.165, 1.54) is 24.4 Å². The quantitative estimate of drug-likeness (QED) is 0.671. The van der Waals surface area contributed by atoms with Crippen molar-refractivity contribution in [2.24, 2.45) is 0 Å². The second kappa shape index (κ2) is 8.92. The van der Waals surface area contributed by atoms with Gasteiger partial charge in [-0.3, -0.25) is 4.90 Å². The van der Waals surface area contributed by atoms with Crippen molar-refractivity contribution in [3.8, 4) is 11.6 Å². The monoisotopic (exact) mass is 425 g/mol. The van der Waals surface area contributed by atoms with Crippen molar-refractivity contribution >= 4 is 12.0 Å². The molecule has 4 rings (SSSR count). The Bertz CT molecular complexity index is 1080. The van der Waals surface area contributed by atoms with Crippen LogP contribution in [-0.2, 0) is 6.54 Å². The number of rotatable bonds is 5. The van der Waals surface area contributed by atoms with Gasteiger partial charge in [0.15, 0.2) is 5.69 Å². The summed E-state index contributed by atoms with van der Waals surface area (Å²) in [5.41, 5.74) is 0.877. The molecule has 1 aliphatic heterocycles. The van der Waals surface area contributed by atoms with Gasteiger partial charge in [-0.2, -0.15) is 9.78 Å². The summed E-state index contributed by atoms with van der Waals surface area (Å²) in [7, 11) is 0. The van der Waals surface area contributed by atoms with Gasteiger partial charge in [-0.15, -0.1) is 0 Å². The number of carboxylic acids is 1. The van der Waals surface area contributed by atoms with Gasteiger partial charge in [0.1, 0.15) is 11.6 Å². The first-order chi connectivity index (χ1) is 15.0. The van der Waals surface area contributed by atoms with Crippen molar-refractivity contribution in [2.75, 3.05) is 26.2 Å². The van der Waals surface area contributed by atoms with E-state index in [4.69, 9.17) is 9.84 Å². The normalized spacial score (nSPS) is 14.4. The van der Waals surface area contributed by atoms with E-state index in [1.807, 2.05) is 18.2 Å². The van der Waals surface area contributed by atoms with E-state index >= 15 is 0 Å². The maximum absolute atomic E-state index is 13.0. The van der Waals surface area contributed by atoms with Crippen molar-refractivity contribution in [1.29, 1.82) is 0 Å². The van der Waals surface area contributed by atoms with Gasteiger partial charge in [0.25, 0.3) is 0 Å². The first-order valence-electron chi connectivity index (χ1n) is 9.67. The molecule has 0 saturated carbocycles. The number of amides is 1. The molecular formula is C21H20FN5O4. The number of hydrogen-bond acceptors (Lipinski definition) is 6. The molecule has 0 atom stereocenters. The average molecular weight is 425 g/mol. The number of aromatic nitrogens is 3. The van der Waals surface area contributed by atoms with Crippen LogP contribution in [-0.4, -0.2) is 67.9 Å². The van der Waals surface area contributed by atoms with Crippen LogP contribution in [0.15, 0.2) is 54.9 Å². The summed E-state index contributed by atoms with van der Waals surface area (Å²) in [6.07, 6.45) is 2.46. The molecule has 3 heterocycles. The minimum Gasteiger partial charge on any atom is -0.476 e. The predicted octanol–water partition coefficient (Wildman–Crippen LogP) is 2.69. The summed E-state index contributed by atoms with van der Waals surface area (Å²) < 4.78 is 19.7. The number of piperazine rings is 1. The molecular weight excluding hydrogens is 405 g/mol. The number of aromatic carboxylic acids is 1. The number of nitrogens with zero attached hydrogens (tertiary/aromatic N) is 5. The molecule has 1 fully saturated rings. The number of carbonyl (C=O) groups excluding carboxylic acids is 1. The van der Waals surface area contributed by atoms with Crippen molar-refractivity contribution in [2.45, 2.75) is 6.54 Å². The number of halogens is 1. The second-order valence-electron chi connectivity index (χ2n) is 7.06. The minimum absolute atomic E-state index is 0.162. The van der Waals surface area contributed by atoms with Crippen molar-refractivity contribution in [3.63, 3.8) is 0 Å². The lowest BCUT2D eigenvalue weighted by Crippen LogP contribution is -2.49. The van der Waals surface area contributed by atoms with E-state index in [1.54, 1.807) is 11.0 Å². The molecule has 0 radical (unpaired) electrons. The van der Waals surface area contributed by atoms with Gasteiger partial charge < -0.3 is 14.7 Å². The van der Waals surface area contributed by atoms with E-state index in [0.29, 0.717) is 44.4 Å². The molecule has 1 aliphatic rings. The van der Waals surface area contributed by atoms with Crippen LogP contribution in [0.2, 0.25) is 0 Å². The summed E-state index contributed by atoms with van der Waals surface area (Å²) in [6.45, 7) is 3.04. The minimum atomic E-state index is -1.17. The fourth-order valence-electron chi connectivity index (χ4n) is 3.30. The van der Waals surface area contributed by atoms with Crippen molar-refractivity contribution in [1.82, 2.24) is 24.6 Å².